The van der Waals surface area contributed by atoms with Crippen molar-refractivity contribution < 1.29 is 13.9 Å². The second-order valence-electron chi connectivity index (χ2n) is 5.40. The van der Waals surface area contributed by atoms with Gasteiger partial charge in [0.05, 0.1) is 7.11 Å². The standard InChI is InChI=1S/C16H22FNO2S/c1-4-10(2)14(16(19)20-3)18-13-8-9-21-15-11(13)6-5-7-12(15)17/h5-7,10,13-14,18H,4,8-9H2,1-3H3. The van der Waals surface area contributed by atoms with Gasteiger partial charge in [0.1, 0.15) is 11.9 Å². The Morgan fingerprint density at radius 1 is 1.57 bits per heavy atom. The quantitative estimate of drug-likeness (QED) is 0.844. The second-order valence-corrected chi connectivity index (χ2v) is 6.51. The van der Waals surface area contributed by atoms with Crippen molar-refractivity contribution in [2.24, 2.45) is 5.92 Å². The summed E-state index contributed by atoms with van der Waals surface area (Å²) in [6.07, 6.45) is 1.76. The maximum absolute atomic E-state index is 13.9. The molecule has 1 aromatic carbocycles. The van der Waals surface area contributed by atoms with Crippen LogP contribution in [0.5, 0.6) is 0 Å². The summed E-state index contributed by atoms with van der Waals surface area (Å²) >= 11 is 1.54. The topological polar surface area (TPSA) is 38.3 Å². The average Bonchev–Trinajstić information content (AvgIpc) is 2.51. The minimum atomic E-state index is -0.357. The number of ether oxygens (including phenoxy) is 1. The molecule has 116 valence electrons. The van der Waals surface area contributed by atoms with Crippen LogP contribution in [0.3, 0.4) is 0 Å². The second kappa shape index (κ2) is 7.27. The van der Waals surface area contributed by atoms with Gasteiger partial charge in [-0.15, -0.1) is 11.8 Å². The lowest BCUT2D eigenvalue weighted by Crippen LogP contribution is -2.45. The third-order valence-corrected chi connectivity index (χ3v) is 5.23. The van der Waals surface area contributed by atoms with Crippen molar-refractivity contribution in [2.75, 3.05) is 12.9 Å². The number of esters is 1. The molecule has 0 bridgehead atoms. The van der Waals surface area contributed by atoms with E-state index < -0.39 is 0 Å². The molecule has 0 saturated heterocycles. The van der Waals surface area contributed by atoms with Crippen molar-refractivity contribution in [3.8, 4) is 0 Å². The molecule has 1 aliphatic heterocycles. The molecule has 0 amide bonds. The van der Waals surface area contributed by atoms with E-state index in [1.165, 1.54) is 13.2 Å². The fourth-order valence-corrected chi connectivity index (χ4v) is 3.74. The fourth-order valence-electron chi connectivity index (χ4n) is 2.60. The van der Waals surface area contributed by atoms with Crippen LogP contribution in [0, 0.1) is 11.7 Å². The normalized spacial score (nSPS) is 20.5. The maximum Gasteiger partial charge on any atom is 0.323 e. The Kier molecular flexibility index (Phi) is 5.65. The van der Waals surface area contributed by atoms with Gasteiger partial charge in [0.15, 0.2) is 0 Å². The lowest BCUT2D eigenvalue weighted by Gasteiger charge is -2.31. The lowest BCUT2D eigenvalue weighted by molar-refractivity contribution is -0.144. The number of hydrogen-bond donors (Lipinski definition) is 1. The molecule has 1 heterocycles. The molecule has 1 N–H and O–H groups in total. The Morgan fingerprint density at radius 3 is 3.00 bits per heavy atom. The Morgan fingerprint density at radius 2 is 2.33 bits per heavy atom. The minimum Gasteiger partial charge on any atom is -0.468 e. The van der Waals surface area contributed by atoms with Crippen LogP contribution in [0.4, 0.5) is 4.39 Å². The van der Waals surface area contributed by atoms with Crippen LogP contribution in [0.2, 0.25) is 0 Å². The number of fused-ring (bicyclic) bond motifs is 1. The first-order valence-electron chi connectivity index (χ1n) is 7.33. The van der Waals surface area contributed by atoms with E-state index in [9.17, 15) is 9.18 Å². The van der Waals surface area contributed by atoms with Crippen LogP contribution in [0.15, 0.2) is 23.1 Å². The highest BCUT2D eigenvalue weighted by Crippen LogP contribution is 2.38. The van der Waals surface area contributed by atoms with Gasteiger partial charge in [-0.1, -0.05) is 32.4 Å². The number of rotatable bonds is 5. The number of halogens is 1. The highest BCUT2D eigenvalue weighted by molar-refractivity contribution is 7.99. The van der Waals surface area contributed by atoms with Gasteiger partial charge in [-0.05, 0) is 29.7 Å². The monoisotopic (exact) mass is 311 g/mol. The first kappa shape index (κ1) is 16.3. The van der Waals surface area contributed by atoms with Crippen molar-refractivity contribution >= 4 is 17.7 Å². The van der Waals surface area contributed by atoms with Gasteiger partial charge in [-0.25, -0.2) is 4.39 Å². The summed E-state index contributed by atoms with van der Waals surface area (Å²) in [5, 5.41) is 3.39. The largest absolute Gasteiger partial charge is 0.468 e. The lowest BCUT2D eigenvalue weighted by atomic mass is 9.95. The van der Waals surface area contributed by atoms with Gasteiger partial charge in [-0.2, -0.15) is 0 Å². The van der Waals surface area contributed by atoms with E-state index in [0.717, 1.165) is 24.2 Å². The van der Waals surface area contributed by atoms with Crippen LogP contribution in [-0.4, -0.2) is 24.9 Å². The predicted octanol–water partition coefficient (Wildman–Crippen LogP) is 3.54. The van der Waals surface area contributed by atoms with Gasteiger partial charge in [0, 0.05) is 10.9 Å². The maximum atomic E-state index is 13.9. The van der Waals surface area contributed by atoms with Gasteiger partial charge < -0.3 is 4.74 Å². The summed E-state index contributed by atoms with van der Waals surface area (Å²) in [7, 11) is 1.41. The summed E-state index contributed by atoms with van der Waals surface area (Å²) in [6, 6.07) is 4.79. The van der Waals surface area contributed by atoms with Crippen molar-refractivity contribution in [3.63, 3.8) is 0 Å². The predicted molar refractivity (Wildman–Crippen MR) is 82.9 cm³/mol. The van der Waals surface area contributed by atoms with Crippen molar-refractivity contribution in [3.05, 3.63) is 29.6 Å². The van der Waals surface area contributed by atoms with Gasteiger partial charge in [0.2, 0.25) is 0 Å². The highest BCUT2D eigenvalue weighted by atomic mass is 32.2. The third-order valence-electron chi connectivity index (χ3n) is 4.07. The molecule has 0 saturated carbocycles. The highest BCUT2D eigenvalue weighted by Gasteiger charge is 2.31. The molecule has 0 aliphatic carbocycles. The summed E-state index contributed by atoms with van der Waals surface area (Å²) < 4.78 is 18.8. The molecule has 0 fully saturated rings. The minimum absolute atomic E-state index is 0.00458. The summed E-state index contributed by atoms with van der Waals surface area (Å²) in [6.45, 7) is 4.07. The van der Waals surface area contributed by atoms with E-state index >= 15 is 0 Å². The Labute approximate surface area is 129 Å². The SMILES string of the molecule is CCC(C)C(NC1CCSc2c(F)cccc21)C(=O)OC. The van der Waals surface area contributed by atoms with Crippen molar-refractivity contribution in [1.29, 1.82) is 0 Å². The summed E-state index contributed by atoms with van der Waals surface area (Å²) in [5.74, 6) is 0.590. The molecule has 3 nitrogen and oxygen atoms in total. The molecule has 0 spiro atoms. The molecule has 0 radical (unpaired) electrons. The Hall–Kier alpha value is -1.07. The first-order chi connectivity index (χ1) is 10.1. The van der Waals surface area contributed by atoms with Crippen molar-refractivity contribution in [1.82, 2.24) is 5.32 Å². The number of hydrogen-bond acceptors (Lipinski definition) is 4. The molecule has 1 aromatic rings. The summed E-state index contributed by atoms with van der Waals surface area (Å²) in [5.41, 5.74) is 0.948. The van der Waals surface area contributed by atoms with Gasteiger partial charge in [0.25, 0.3) is 0 Å². The third kappa shape index (κ3) is 3.58. The molecule has 2 rings (SSSR count). The molecular weight excluding hydrogens is 289 g/mol. The Balaban J connectivity index is 2.23. The number of carbonyl (C=O) groups excluding carboxylic acids is 1. The number of carbonyl (C=O) groups is 1. The fraction of sp³-hybridized carbons (Fsp3) is 0.562. The zero-order chi connectivity index (χ0) is 15.4. The number of nitrogens with one attached hydrogen (secondary N) is 1. The van der Waals surface area contributed by atoms with E-state index in [-0.39, 0.29) is 29.8 Å². The zero-order valence-electron chi connectivity index (χ0n) is 12.7. The van der Waals surface area contributed by atoms with Crippen LogP contribution in [-0.2, 0) is 9.53 Å². The molecule has 21 heavy (non-hydrogen) atoms. The van der Waals surface area contributed by atoms with Crippen molar-refractivity contribution in [2.45, 2.75) is 43.7 Å². The number of methoxy groups -OCH3 is 1. The molecule has 1 aliphatic rings. The van der Waals surface area contributed by atoms with E-state index in [0.29, 0.717) is 4.90 Å². The molecular formula is C16H22FNO2S. The first-order valence-corrected chi connectivity index (χ1v) is 8.32. The molecule has 3 unspecified atom stereocenters. The van der Waals surface area contributed by atoms with E-state index in [4.69, 9.17) is 4.74 Å². The van der Waals surface area contributed by atoms with E-state index in [2.05, 4.69) is 5.32 Å². The van der Waals surface area contributed by atoms with E-state index in [1.807, 2.05) is 19.9 Å². The summed E-state index contributed by atoms with van der Waals surface area (Å²) in [4.78, 5) is 12.7. The zero-order valence-corrected chi connectivity index (χ0v) is 13.5. The Bertz CT molecular complexity index is 509. The van der Waals surface area contributed by atoms with Crippen LogP contribution >= 0.6 is 11.8 Å². The van der Waals surface area contributed by atoms with Crippen LogP contribution in [0.1, 0.15) is 38.3 Å². The number of benzene rings is 1. The van der Waals surface area contributed by atoms with Gasteiger partial charge >= 0.3 is 5.97 Å². The molecule has 5 heteroatoms. The molecule has 0 aromatic heterocycles. The average molecular weight is 311 g/mol. The van der Waals surface area contributed by atoms with Crippen LogP contribution < -0.4 is 5.32 Å². The number of thioether (sulfide) groups is 1. The van der Waals surface area contributed by atoms with Crippen LogP contribution in [0.25, 0.3) is 0 Å². The molecule has 3 atom stereocenters. The smallest absolute Gasteiger partial charge is 0.323 e. The van der Waals surface area contributed by atoms with E-state index in [1.54, 1.807) is 17.8 Å². The van der Waals surface area contributed by atoms with Gasteiger partial charge in [-0.3, -0.25) is 10.1 Å².